The molecule has 3 heterocycles. The van der Waals surface area contributed by atoms with Crippen molar-refractivity contribution < 1.29 is 0 Å². The first-order valence-electron chi connectivity index (χ1n) is 24.7. The Morgan fingerprint density at radius 2 is 0.873 bits per heavy atom. The molecule has 15 rings (SSSR count). The lowest BCUT2D eigenvalue weighted by Gasteiger charge is -2.29. The van der Waals surface area contributed by atoms with Crippen molar-refractivity contribution in [1.29, 1.82) is 0 Å². The molecule has 3 heteroatoms. The summed E-state index contributed by atoms with van der Waals surface area (Å²) >= 11 is 0. The van der Waals surface area contributed by atoms with Crippen LogP contribution in [0.5, 0.6) is 0 Å². The normalized spacial score (nSPS) is 15.3. The lowest BCUT2D eigenvalue weighted by atomic mass is 9.85. The highest BCUT2D eigenvalue weighted by molar-refractivity contribution is 6.14. The molecule has 0 saturated heterocycles. The molecule has 332 valence electrons. The topological polar surface area (TPSA) is 13.1 Å². The Labute approximate surface area is 411 Å². The first-order chi connectivity index (χ1) is 35.2. The van der Waals surface area contributed by atoms with E-state index in [1.54, 1.807) is 0 Å². The number of nitrogens with zero attached hydrogens (tertiary/aromatic N) is 3. The fraction of sp³-hybridized carbons (Fsp3) is 0.0294. The minimum absolute atomic E-state index is 0.145. The Morgan fingerprint density at radius 1 is 0.324 bits per heavy atom. The molecule has 0 N–H and O–H groups in total. The highest BCUT2D eigenvalue weighted by atomic mass is 15.2. The average Bonchev–Trinajstić information content (AvgIpc) is 4.07. The Kier molecular flexibility index (Phi) is 8.78. The Balaban J connectivity index is 0.923. The van der Waals surface area contributed by atoms with Gasteiger partial charge < -0.3 is 14.0 Å². The number of aromatic nitrogens is 2. The summed E-state index contributed by atoms with van der Waals surface area (Å²) in [5.74, 6) is 0.147. The van der Waals surface area contributed by atoms with Crippen molar-refractivity contribution in [2.24, 2.45) is 0 Å². The number of rotatable bonds is 6. The van der Waals surface area contributed by atoms with Gasteiger partial charge in [-0.15, -0.1) is 0 Å². The minimum atomic E-state index is 0.145. The summed E-state index contributed by atoms with van der Waals surface area (Å²) in [5.41, 5.74) is 18.3. The molecular weight excluding hydrogens is 859 g/mol. The fourth-order valence-corrected chi connectivity index (χ4v) is 12.2. The maximum absolute atomic E-state index is 2.54. The first kappa shape index (κ1) is 39.8. The van der Waals surface area contributed by atoms with Crippen molar-refractivity contribution >= 4 is 82.1 Å². The number of hydrogen-bond donors (Lipinski definition) is 0. The zero-order chi connectivity index (χ0) is 46.6. The van der Waals surface area contributed by atoms with Crippen LogP contribution >= 0.6 is 0 Å². The molecule has 11 aromatic carbocycles. The van der Waals surface area contributed by atoms with Crippen LogP contribution in [0.15, 0.2) is 261 Å². The van der Waals surface area contributed by atoms with Gasteiger partial charge in [0.1, 0.15) is 0 Å². The third-order valence-corrected chi connectivity index (χ3v) is 15.4. The van der Waals surface area contributed by atoms with Gasteiger partial charge >= 0.3 is 0 Å². The van der Waals surface area contributed by atoms with Crippen LogP contribution in [0.2, 0.25) is 0 Å². The van der Waals surface area contributed by atoms with Gasteiger partial charge in [-0.25, -0.2) is 0 Å². The maximum atomic E-state index is 2.54. The van der Waals surface area contributed by atoms with E-state index in [1.807, 2.05) is 0 Å². The van der Waals surface area contributed by atoms with Crippen molar-refractivity contribution in [3.63, 3.8) is 0 Å². The van der Waals surface area contributed by atoms with E-state index in [0.29, 0.717) is 0 Å². The second-order valence-electron chi connectivity index (χ2n) is 19.2. The number of benzene rings is 11. The lowest BCUT2D eigenvalue weighted by molar-refractivity contribution is 0.747. The highest BCUT2D eigenvalue weighted by Crippen LogP contribution is 2.51. The molecule has 2 atom stereocenters. The van der Waals surface area contributed by atoms with E-state index in [0.717, 1.165) is 11.4 Å². The van der Waals surface area contributed by atoms with Gasteiger partial charge in [0, 0.05) is 50.2 Å². The Bertz CT molecular complexity index is 4350. The third kappa shape index (κ3) is 6.16. The first-order valence-corrected chi connectivity index (χ1v) is 24.7. The molecule has 2 aromatic heterocycles. The van der Waals surface area contributed by atoms with Crippen LogP contribution in [-0.2, 0) is 0 Å². The van der Waals surface area contributed by atoms with Crippen LogP contribution in [0.25, 0.3) is 104 Å². The largest absolute Gasteiger partial charge is 0.333 e. The number of anilines is 2. The summed E-state index contributed by atoms with van der Waals surface area (Å²) in [4.78, 5) is 2.54. The van der Waals surface area contributed by atoms with E-state index in [4.69, 9.17) is 0 Å². The summed E-state index contributed by atoms with van der Waals surface area (Å²) < 4.78 is 4.90. The predicted molar refractivity (Wildman–Crippen MR) is 300 cm³/mol. The van der Waals surface area contributed by atoms with E-state index in [-0.39, 0.29) is 12.0 Å². The van der Waals surface area contributed by atoms with Gasteiger partial charge in [0.15, 0.2) is 0 Å². The SMILES string of the molecule is C1=CC2C(C=C1c1ccc3c4cc(-c5cccc6ccccc56)ccc4n(-c4ccc5c(c4)c4ccccc4n5-c4ccccc4)c3c1)c1cc(-c3cccc4ccccc34)ccc1N2c1ccccc1. The van der Waals surface area contributed by atoms with E-state index < -0.39 is 0 Å². The quantitative estimate of drug-likeness (QED) is 0.162. The summed E-state index contributed by atoms with van der Waals surface area (Å²) in [6.45, 7) is 0. The molecule has 0 fully saturated rings. The Hall–Kier alpha value is -9.18. The van der Waals surface area contributed by atoms with Crippen molar-refractivity contribution in [1.82, 2.24) is 9.13 Å². The molecule has 0 saturated carbocycles. The van der Waals surface area contributed by atoms with Crippen molar-refractivity contribution in [2.45, 2.75) is 12.0 Å². The zero-order valence-electron chi connectivity index (χ0n) is 38.8. The molecule has 1 aliphatic carbocycles. The van der Waals surface area contributed by atoms with E-state index in [2.05, 4.69) is 275 Å². The van der Waals surface area contributed by atoms with Crippen LogP contribution < -0.4 is 4.90 Å². The molecule has 1 aliphatic heterocycles. The van der Waals surface area contributed by atoms with E-state index >= 15 is 0 Å². The van der Waals surface area contributed by atoms with Gasteiger partial charge in [-0.05, 0) is 139 Å². The molecule has 2 unspecified atom stereocenters. The van der Waals surface area contributed by atoms with Gasteiger partial charge in [0.25, 0.3) is 0 Å². The average molecular weight is 904 g/mol. The number of fused-ring (bicyclic) bond motifs is 11. The monoisotopic (exact) mass is 903 g/mol. The van der Waals surface area contributed by atoms with Crippen LogP contribution in [0.4, 0.5) is 11.4 Å². The molecule has 3 nitrogen and oxygen atoms in total. The van der Waals surface area contributed by atoms with Crippen molar-refractivity contribution in [2.75, 3.05) is 4.90 Å². The summed E-state index contributed by atoms with van der Waals surface area (Å²) in [6.07, 6.45) is 7.35. The summed E-state index contributed by atoms with van der Waals surface area (Å²) in [6, 6.07) is 89.8. The highest BCUT2D eigenvalue weighted by Gasteiger charge is 2.39. The maximum Gasteiger partial charge on any atom is 0.0630 e. The minimum Gasteiger partial charge on any atom is -0.333 e. The van der Waals surface area contributed by atoms with E-state index in [9.17, 15) is 0 Å². The second-order valence-corrected chi connectivity index (χ2v) is 19.2. The van der Waals surface area contributed by atoms with Crippen LogP contribution in [0.3, 0.4) is 0 Å². The zero-order valence-corrected chi connectivity index (χ0v) is 38.8. The molecule has 2 aliphatic rings. The molecular formula is C68H45N3. The Morgan fingerprint density at radius 3 is 1.62 bits per heavy atom. The number of allylic oxidation sites excluding steroid dienone is 2. The van der Waals surface area contributed by atoms with Crippen LogP contribution in [0, 0.1) is 0 Å². The van der Waals surface area contributed by atoms with Gasteiger partial charge in [-0.2, -0.15) is 0 Å². The molecule has 71 heavy (non-hydrogen) atoms. The van der Waals surface area contributed by atoms with E-state index in [1.165, 1.54) is 115 Å². The van der Waals surface area contributed by atoms with Gasteiger partial charge in [-0.1, -0.05) is 182 Å². The van der Waals surface area contributed by atoms with Gasteiger partial charge in [0.05, 0.1) is 28.1 Å². The molecule has 0 bridgehead atoms. The van der Waals surface area contributed by atoms with Gasteiger partial charge in [-0.3, -0.25) is 0 Å². The van der Waals surface area contributed by atoms with Gasteiger partial charge in [0.2, 0.25) is 0 Å². The molecule has 13 aromatic rings. The fourth-order valence-electron chi connectivity index (χ4n) is 12.2. The summed E-state index contributed by atoms with van der Waals surface area (Å²) in [5, 5.41) is 9.99. The lowest BCUT2D eigenvalue weighted by Crippen LogP contribution is -2.28. The predicted octanol–water partition coefficient (Wildman–Crippen LogP) is 17.8. The smallest absolute Gasteiger partial charge is 0.0630 e. The number of para-hydroxylation sites is 3. The van der Waals surface area contributed by atoms with Crippen LogP contribution in [0.1, 0.15) is 17.0 Å². The standard InChI is InChI=1S/C68H45N3/c1-3-19-50(20-4-1)69-63-28-12-11-25-57(63)62-43-52(33-38-67(62)69)71-64-36-31-48(55-26-13-17-44-15-7-9-23-53(44)55)40-59(64)58-34-29-47(42-68(58)71)46-30-35-65-60(39-46)61-41-49(56-27-14-18-45-16-8-10-24-54(45)56)32-37-66(61)70(65)51-21-5-2-6-22-51/h1-43,60,65H. The third-order valence-electron chi connectivity index (χ3n) is 15.4. The van der Waals surface area contributed by atoms with Crippen molar-refractivity contribution in [3.05, 3.63) is 272 Å². The molecule has 0 spiro atoms. The summed E-state index contributed by atoms with van der Waals surface area (Å²) in [7, 11) is 0. The number of hydrogen-bond acceptors (Lipinski definition) is 1. The second kappa shape index (κ2) is 15.7. The molecule has 0 radical (unpaired) electrons. The molecule has 0 amide bonds. The van der Waals surface area contributed by atoms with Crippen molar-refractivity contribution in [3.8, 4) is 33.6 Å². The van der Waals surface area contributed by atoms with Crippen LogP contribution in [-0.4, -0.2) is 15.2 Å².